The third-order valence-corrected chi connectivity index (χ3v) is 6.13. The quantitative estimate of drug-likeness (QED) is 0.436. The summed E-state index contributed by atoms with van der Waals surface area (Å²) in [6.07, 6.45) is 0.283. The van der Waals surface area contributed by atoms with Gasteiger partial charge in [-0.1, -0.05) is 42.5 Å². The number of carbonyl (C=O) groups excluding carboxylic acids is 1. The molecule has 3 aromatic carbocycles. The molecule has 0 aliphatic carbocycles. The van der Waals surface area contributed by atoms with Crippen LogP contribution in [0.1, 0.15) is 29.2 Å². The summed E-state index contributed by atoms with van der Waals surface area (Å²) in [6, 6.07) is 24.9. The first-order chi connectivity index (χ1) is 17.5. The summed E-state index contributed by atoms with van der Waals surface area (Å²) in [6.45, 7) is 0.514. The van der Waals surface area contributed by atoms with Crippen LogP contribution in [0.2, 0.25) is 0 Å². The molecule has 1 aliphatic heterocycles. The van der Waals surface area contributed by atoms with Crippen molar-refractivity contribution in [3.63, 3.8) is 0 Å². The van der Waals surface area contributed by atoms with E-state index in [1.807, 2.05) is 78.9 Å². The minimum atomic E-state index is -1.21. The van der Waals surface area contributed by atoms with Gasteiger partial charge >= 0.3 is 0 Å². The normalized spacial score (nSPS) is 18.8. The summed E-state index contributed by atoms with van der Waals surface area (Å²) in [5, 5.41) is 8.97. The van der Waals surface area contributed by atoms with Gasteiger partial charge in [0.05, 0.1) is 13.7 Å². The zero-order valence-corrected chi connectivity index (χ0v) is 20.9. The Morgan fingerprint density at radius 1 is 1.03 bits per heavy atom. The molecule has 1 aliphatic rings. The van der Waals surface area contributed by atoms with E-state index in [4.69, 9.17) is 24.3 Å². The maximum absolute atomic E-state index is 13.9. The van der Waals surface area contributed by atoms with Gasteiger partial charge in [0, 0.05) is 39.1 Å². The second kappa shape index (κ2) is 11.3. The van der Waals surface area contributed by atoms with Crippen LogP contribution in [0.3, 0.4) is 0 Å². The number of aliphatic imine (C=N–C) groups is 1. The van der Waals surface area contributed by atoms with Crippen molar-refractivity contribution in [1.29, 1.82) is 0 Å². The van der Waals surface area contributed by atoms with Crippen molar-refractivity contribution >= 4 is 11.8 Å². The summed E-state index contributed by atoms with van der Waals surface area (Å²) in [7, 11) is 5.09. The number of hydrogen-bond donors (Lipinski definition) is 1. The van der Waals surface area contributed by atoms with E-state index >= 15 is 0 Å². The lowest BCUT2D eigenvalue weighted by atomic mass is 9.81. The fraction of sp³-hybridized carbons (Fsp3) is 0.310. The largest absolute Gasteiger partial charge is 0.497 e. The number of nitrogens with zero attached hydrogens (tertiary/aromatic N) is 2. The molecule has 0 unspecified atom stereocenters. The van der Waals surface area contributed by atoms with Crippen LogP contribution in [0.15, 0.2) is 83.9 Å². The Hall–Kier alpha value is -3.84. The van der Waals surface area contributed by atoms with Gasteiger partial charge in [-0.15, -0.1) is 0 Å². The van der Waals surface area contributed by atoms with Gasteiger partial charge in [-0.05, 0) is 47.5 Å². The predicted octanol–water partition coefficient (Wildman–Crippen LogP) is 4.04. The van der Waals surface area contributed by atoms with Gasteiger partial charge in [0.2, 0.25) is 5.90 Å². The fourth-order valence-corrected chi connectivity index (χ4v) is 4.37. The van der Waals surface area contributed by atoms with Crippen molar-refractivity contribution in [2.45, 2.75) is 24.5 Å². The Balaban J connectivity index is 1.78. The van der Waals surface area contributed by atoms with Crippen LogP contribution in [-0.2, 0) is 16.0 Å². The van der Waals surface area contributed by atoms with Gasteiger partial charge in [-0.3, -0.25) is 4.79 Å². The number of carbonyl (C=O) groups is 1. The number of aliphatic hydroxyl groups is 1. The Bertz CT molecular complexity index is 1190. The van der Waals surface area contributed by atoms with Crippen LogP contribution < -0.4 is 9.47 Å². The molecule has 4 rings (SSSR count). The molecule has 36 heavy (non-hydrogen) atoms. The van der Waals surface area contributed by atoms with Crippen molar-refractivity contribution in [3.8, 4) is 11.5 Å². The lowest BCUT2D eigenvalue weighted by Gasteiger charge is -2.33. The van der Waals surface area contributed by atoms with E-state index in [0.29, 0.717) is 36.8 Å². The van der Waals surface area contributed by atoms with Gasteiger partial charge in [0.15, 0.2) is 11.6 Å². The Kier molecular flexibility index (Phi) is 7.90. The zero-order valence-electron chi connectivity index (χ0n) is 20.9. The predicted molar refractivity (Wildman–Crippen MR) is 139 cm³/mol. The Morgan fingerprint density at radius 2 is 1.78 bits per heavy atom. The number of amides is 1. The summed E-state index contributed by atoms with van der Waals surface area (Å²) in [5.41, 5.74) is 1.34. The molecule has 0 radical (unpaired) electrons. The molecule has 1 amide bonds. The second-order valence-corrected chi connectivity index (χ2v) is 8.93. The Labute approximate surface area is 212 Å². The van der Waals surface area contributed by atoms with E-state index in [9.17, 15) is 4.79 Å². The average Bonchev–Trinajstić information content (AvgIpc) is 3.29. The van der Waals surface area contributed by atoms with E-state index in [-0.39, 0.29) is 12.5 Å². The van der Waals surface area contributed by atoms with E-state index in [1.54, 1.807) is 26.1 Å². The molecule has 7 nitrogen and oxygen atoms in total. The molecule has 1 N–H and O–H groups in total. The van der Waals surface area contributed by atoms with E-state index < -0.39 is 11.6 Å². The number of hydrogen-bond acceptors (Lipinski definition) is 6. The van der Waals surface area contributed by atoms with Crippen molar-refractivity contribution in [3.05, 3.63) is 95.6 Å². The highest BCUT2D eigenvalue weighted by molar-refractivity contribution is 6.01. The minimum Gasteiger partial charge on any atom is -0.497 e. The topological polar surface area (TPSA) is 80.6 Å². The van der Waals surface area contributed by atoms with Gasteiger partial charge in [0.1, 0.15) is 11.5 Å². The first-order valence-corrected chi connectivity index (χ1v) is 12.0. The summed E-state index contributed by atoms with van der Waals surface area (Å²) in [5.74, 6) is 1.63. The van der Waals surface area contributed by atoms with E-state index in [2.05, 4.69) is 0 Å². The van der Waals surface area contributed by atoms with Gasteiger partial charge in [-0.25, -0.2) is 4.99 Å². The van der Waals surface area contributed by atoms with E-state index in [1.165, 1.54) is 0 Å². The number of ether oxygens (including phenoxy) is 3. The molecule has 0 bridgehead atoms. The van der Waals surface area contributed by atoms with Crippen molar-refractivity contribution in [1.82, 2.24) is 4.90 Å². The Morgan fingerprint density at radius 3 is 2.44 bits per heavy atom. The highest BCUT2D eigenvalue weighted by Crippen LogP contribution is 2.44. The fourth-order valence-electron chi connectivity index (χ4n) is 4.37. The third-order valence-electron chi connectivity index (χ3n) is 6.13. The summed E-state index contributed by atoms with van der Waals surface area (Å²) >= 11 is 0. The number of rotatable bonds is 10. The number of likely N-dealkylation sites (N-methyl/N-ethyl adjacent to an activating group) is 1. The number of methoxy groups -OCH3 is 1. The first kappa shape index (κ1) is 25.3. The van der Waals surface area contributed by atoms with Gasteiger partial charge < -0.3 is 24.2 Å². The molecule has 2 atom stereocenters. The highest BCUT2D eigenvalue weighted by Gasteiger charge is 2.54. The molecule has 0 spiro atoms. The lowest BCUT2D eigenvalue weighted by molar-refractivity contribution is -0.137. The molecular formula is C29H32N2O5. The maximum Gasteiger partial charge on any atom is 0.254 e. The number of aliphatic hydroxyl groups excluding tert-OH is 1. The molecule has 3 aromatic rings. The summed E-state index contributed by atoms with van der Waals surface area (Å²) < 4.78 is 17.6. The SMILES string of the molecule is COc1cccc([C@H]2OC(c3ccc(OCCCO)cc3)=N[C@@]2(Cc2ccccc2)C(=O)N(C)C)c1. The highest BCUT2D eigenvalue weighted by atomic mass is 16.5. The monoisotopic (exact) mass is 488 g/mol. The number of benzene rings is 3. The molecule has 0 fully saturated rings. The van der Waals surface area contributed by atoms with Crippen molar-refractivity contribution in [2.75, 3.05) is 34.4 Å². The van der Waals surface area contributed by atoms with Crippen LogP contribution in [0.4, 0.5) is 0 Å². The van der Waals surface area contributed by atoms with Crippen LogP contribution in [0.25, 0.3) is 0 Å². The zero-order chi connectivity index (χ0) is 25.5. The average molecular weight is 489 g/mol. The van der Waals surface area contributed by atoms with Gasteiger partial charge in [-0.2, -0.15) is 0 Å². The molecule has 188 valence electrons. The minimum absolute atomic E-state index is 0.0811. The lowest BCUT2D eigenvalue weighted by Crippen LogP contribution is -2.49. The standard InChI is InChI=1S/C29H32N2O5/c1-31(2)28(33)29(20-21-9-5-4-6-10-21)26(23-11-7-12-25(19-23)34-3)36-27(30-29)22-13-15-24(16-14-22)35-18-8-17-32/h4-7,9-16,19,26,32H,8,17-18,20H2,1-3H3/t26-,29-/m1/s1. The molecule has 0 saturated heterocycles. The van der Waals surface area contributed by atoms with Gasteiger partial charge in [0.25, 0.3) is 5.91 Å². The summed E-state index contributed by atoms with van der Waals surface area (Å²) in [4.78, 5) is 20.4. The maximum atomic E-state index is 13.9. The third kappa shape index (κ3) is 5.36. The van der Waals surface area contributed by atoms with Crippen LogP contribution in [-0.4, -0.2) is 61.8 Å². The second-order valence-electron chi connectivity index (χ2n) is 8.93. The van der Waals surface area contributed by atoms with Crippen LogP contribution in [0.5, 0.6) is 11.5 Å². The van der Waals surface area contributed by atoms with E-state index in [0.717, 1.165) is 16.7 Å². The van der Waals surface area contributed by atoms with Crippen LogP contribution in [0, 0.1) is 0 Å². The van der Waals surface area contributed by atoms with Crippen LogP contribution >= 0.6 is 0 Å². The van der Waals surface area contributed by atoms with Crippen molar-refractivity contribution in [2.24, 2.45) is 4.99 Å². The molecule has 7 heteroatoms. The molecule has 0 saturated carbocycles. The molecule has 0 aromatic heterocycles. The molecular weight excluding hydrogens is 456 g/mol. The smallest absolute Gasteiger partial charge is 0.254 e. The molecule has 1 heterocycles. The van der Waals surface area contributed by atoms with Crippen molar-refractivity contribution < 1.29 is 24.1 Å². The first-order valence-electron chi connectivity index (χ1n) is 12.0.